The molecule has 0 fully saturated rings. The van der Waals surface area contributed by atoms with Crippen LogP contribution in [-0.2, 0) is 13.0 Å². The molecule has 2 rings (SSSR count). The Hall–Kier alpha value is -2.17. The molecule has 2 aromatic carbocycles. The molecule has 112 valence electrons. The van der Waals surface area contributed by atoms with Gasteiger partial charge in [0.2, 0.25) is 0 Å². The van der Waals surface area contributed by atoms with Crippen LogP contribution in [0.2, 0.25) is 0 Å². The van der Waals surface area contributed by atoms with E-state index in [1.54, 1.807) is 0 Å². The van der Waals surface area contributed by atoms with Gasteiger partial charge in [0.25, 0.3) is 0 Å². The summed E-state index contributed by atoms with van der Waals surface area (Å²) in [5, 5.41) is 0. The van der Waals surface area contributed by atoms with E-state index in [0.29, 0.717) is 12.4 Å². The summed E-state index contributed by atoms with van der Waals surface area (Å²) < 4.78 is 45.5. The molecule has 0 heterocycles. The first-order chi connectivity index (χ1) is 9.98. The highest BCUT2D eigenvalue weighted by Crippen LogP contribution is 2.25. The minimum absolute atomic E-state index is 0.260. The van der Waals surface area contributed by atoms with Crippen LogP contribution in [0.25, 0.3) is 0 Å². The van der Waals surface area contributed by atoms with Gasteiger partial charge in [0.1, 0.15) is 18.1 Å². The van der Waals surface area contributed by atoms with Crippen LogP contribution in [0.15, 0.2) is 48.5 Å². The molecule has 0 bridgehead atoms. The Bertz CT molecular complexity index is 577. The van der Waals surface area contributed by atoms with Crippen molar-refractivity contribution in [3.63, 3.8) is 0 Å². The summed E-state index contributed by atoms with van der Waals surface area (Å²) in [5.74, 6) is 0.235. The van der Waals surface area contributed by atoms with Gasteiger partial charge >= 0.3 is 6.36 Å². The third-order valence-electron chi connectivity index (χ3n) is 2.95. The number of ether oxygens (including phenoxy) is 2. The number of aryl methyl sites for hydroxylation is 1. The first kappa shape index (κ1) is 15.2. The van der Waals surface area contributed by atoms with E-state index in [4.69, 9.17) is 4.74 Å². The molecule has 2 nitrogen and oxygen atoms in total. The summed E-state index contributed by atoms with van der Waals surface area (Å²) in [6, 6.07) is 13.3. The molecule has 0 N–H and O–H groups in total. The summed E-state index contributed by atoms with van der Waals surface area (Å²) in [7, 11) is 0. The third kappa shape index (κ3) is 4.70. The standard InChI is InChI=1S/C16H15F3O2/c1-2-12-5-3-4-6-13(12)11-20-14-7-9-15(10-8-14)21-16(17,18)19/h3-10H,2,11H2,1H3. The van der Waals surface area contributed by atoms with Crippen molar-refractivity contribution in [3.05, 3.63) is 59.7 Å². The van der Waals surface area contributed by atoms with Crippen molar-refractivity contribution in [1.82, 2.24) is 0 Å². The minimum atomic E-state index is -4.68. The van der Waals surface area contributed by atoms with E-state index in [1.165, 1.54) is 29.8 Å². The van der Waals surface area contributed by atoms with E-state index in [-0.39, 0.29) is 5.75 Å². The average molecular weight is 296 g/mol. The van der Waals surface area contributed by atoms with Gasteiger partial charge in [-0.2, -0.15) is 0 Å². The molecule has 0 radical (unpaired) electrons. The zero-order chi connectivity index (χ0) is 15.3. The lowest BCUT2D eigenvalue weighted by molar-refractivity contribution is -0.274. The van der Waals surface area contributed by atoms with Gasteiger partial charge in [0.05, 0.1) is 0 Å². The molecule has 0 saturated carbocycles. The van der Waals surface area contributed by atoms with Crippen molar-refractivity contribution in [2.45, 2.75) is 26.3 Å². The molecule has 0 atom stereocenters. The van der Waals surface area contributed by atoms with Crippen molar-refractivity contribution in [2.75, 3.05) is 0 Å². The molecule has 2 aromatic rings. The van der Waals surface area contributed by atoms with Gasteiger partial charge in [-0.05, 0) is 41.8 Å². The smallest absolute Gasteiger partial charge is 0.489 e. The fourth-order valence-electron chi connectivity index (χ4n) is 1.94. The van der Waals surface area contributed by atoms with Gasteiger partial charge < -0.3 is 9.47 Å². The Balaban J connectivity index is 1.98. The molecule has 0 aliphatic rings. The quantitative estimate of drug-likeness (QED) is 0.794. The fourth-order valence-corrected chi connectivity index (χ4v) is 1.94. The van der Waals surface area contributed by atoms with E-state index in [0.717, 1.165) is 12.0 Å². The minimum Gasteiger partial charge on any atom is -0.489 e. The number of hydrogen-bond donors (Lipinski definition) is 0. The van der Waals surface area contributed by atoms with Gasteiger partial charge in [-0.15, -0.1) is 13.2 Å². The summed E-state index contributed by atoms with van der Waals surface area (Å²) in [5.41, 5.74) is 2.25. The van der Waals surface area contributed by atoms with E-state index in [1.807, 2.05) is 24.3 Å². The highest BCUT2D eigenvalue weighted by molar-refractivity contribution is 5.32. The van der Waals surface area contributed by atoms with E-state index in [2.05, 4.69) is 11.7 Å². The van der Waals surface area contributed by atoms with Crippen LogP contribution in [0, 0.1) is 0 Å². The second-order valence-electron chi connectivity index (χ2n) is 4.43. The number of halogens is 3. The topological polar surface area (TPSA) is 18.5 Å². The number of hydrogen-bond acceptors (Lipinski definition) is 2. The maximum Gasteiger partial charge on any atom is 0.573 e. The summed E-state index contributed by atoms with van der Waals surface area (Å²) in [4.78, 5) is 0. The highest BCUT2D eigenvalue weighted by atomic mass is 19.4. The number of rotatable bonds is 5. The molecule has 0 unspecified atom stereocenters. The first-order valence-corrected chi connectivity index (χ1v) is 6.53. The molecule has 0 amide bonds. The Morgan fingerprint density at radius 1 is 0.857 bits per heavy atom. The van der Waals surface area contributed by atoms with Crippen LogP contribution in [-0.4, -0.2) is 6.36 Å². The van der Waals surface area contributed by atoms with E-state index < -0.39 is 6.36 Å². The van der Waals surface area contributed by atoms with Crippen LogP contribution in [0.3, 0.4) is 0 Å². The average Bonchev–Trinajstić information content (AvgIpc) is 2.45. The molecule has 0 aromatic heterocycles. The first-order valence-electron chi connectivity index (χ1n) is 6.53. The van der Waals surface area contributed by atoms with Crippen LogP contribution in [0.1, 0.15) is 18.1 Å². The second kappa shape index (κ2) is 6.52. The third-order valence-corrected chi connectivity index (χ3v) is 2.95. The molecule has 0 aliphatic carbocycles. The van der Waals surface area contributed by atoms with Crippen LogP contribution in [0.4, 0.5) is 13.2 Å². The van der Waals surface area contributed by atoms with Crippen molar-refractivity contribution in [1.29, 1.82) is 0 Å². The summed E-state index contributed by atoms with van der Waals surface area (Å²) in [6.07, 6.45) is -3.78. The Kier molecular flexibility index (Phi) is 4.73. The normalized spacial score (nSPS) is 11.2. The number of benzene rings is 2. The van der Waals surface area contributed by atoms with Gasteiger partial charge in [-0.1, -0.05) is 31.2 Å². The number of alkyl halides is 3. The van der Waals surface area contributed by atoms with Crippen LogP contribution in [0.5, 0.6) is 11.5 Å². The summed E-state index contributed by atoms with van der Waals surface area (Å²) in [6.45, 7) is 2.44. The molecule has 0 aliphatic heterocycles. The van der Waals surface area contributed by atoms with Crippen molar-refractivity contribution in [2.24, 2.45) is 0 Å². The summed E-state index contributed by atoms with van der Waals surface area (Å²) >= 11 is 0. The van der Waals surface area contributed by atoms with Crippen LogP contribution < -0.4 is 9.47 Å². The zero-order valence-corrected chi connectivity index (χ0v) is 11.5. The largest absolute Gasteiger partial charge is 0.573 e. The van der Waals surface area contributed by atoms with Gasteiger partial charge in [0.15, 0.2) is 0 Å². The van der Waals surface area contributed by atoms with Crippen molar-refractivity contribution < 1.29 is 22.6 Å². The monoisotopic (exact) mass is 296 g/mol. The van der Waals surface area contributed by atoms with Crippen molar-refractivity contribution >= 4 is 0 Å². The highest BCUT2D eigenvalue weighted by Gasteiger charge is 2.30. The van der Waals surface area contributed by atoms with Gasteiger partial charge in [-0.3, -0.25) is 0 Å². The van der Waals surface area contributed by atoms with Crippen LogP contribution >= 0.6 is 0 Å². The molecule has 21 heavy (non-hydrogen) atoms. The fraction of sp³-hybridized carbons (Fsp3) is 0.250. The zero-order valence-electron chi connectivity index (χ0n) is 11.5. The SMILES string of the molecule is CCc1ccccc1COc1ccc(OC(F)(F)F)cc1. The molecule has 5 heteroatoms. The lowest BCUT2D eigenvalue weighted by atomic mass is 10.1. The van der Waals surface area contributed by atoms with E-state index in [9.17, 15) is 13.2 Å². The Labute approximate surface area is 121 Å². The lowest BCUT2D eigenvalue weighted by Crippen LogP contribution is -2.16. The van der Waals surface area contributed by atoms with Crippen molar-refractivity contribution in [3.8, 4) is 11.5 Å². The molecule has 0 saturated heterocycles. The second-order valence-corrected chi connectivity index (χ2v) is 4.43. The Morgan fingerprint density at radius 3 is 2.00 bits per heavy atom. The predicted molar refractivity (Wildman–Crippen MR) is 73.3 cm³/mol. The predicted octanol–water partition coefficient (Wildman–Crippen LogP) is 4.73. The maximum atomic E-state index is 12.0. The lowest BCUT2D eigenvalue weighted by Gasteiger charge is -2.11. The maximum absolute atomic E-state index is 12.0. The molecule has 0 spiro atoms. The van der Waals surface area contributed by atoms with Gasteiger partial charge in [0, 0.05) is 0 Å². The van der Waals surface area contributed by atoms with Gasteiger partial charge in [-0.25, -0.2) is 0 Å². The van der Waals surface area contributed by atoms with E-state index >= 15 is 0 Å². The molecular weight excluding hydrogens is 281 g/mol. The molecular formula is C16H15F3O2. The Morgan fingerprint density at radius 2 is 1.43 bits per heavy atom.